The fourth-order valence-electron chi connectivity index (χ4n) is 4.72. The third-order valence-corrected chi connectivity index (χ3v) is 6.74. The fourth-order valence-corrected chi connectivity index (χ4v) is 4.72. The summed E-state index contributed by atoms with van der Waals surface area (Å²) in [5, 5.41) is 18.1. The number of carbonyl (C=O) groups excluding carboxylic acids is 1. The summed E-state index contributed by atoms with van der Waals surface area (Å²) in [4.78, 5) is 30.8. The van der Waals surface area contributed by atoms with E-state index in [1.165, 1.54) is 15.7 Å². The number of amides is 1. The molecule has 0 saturated carbocycles. The highest BCUT2D eigenvalue weighted by Crippen LogP contribution is 2.24. The van der Waals surface area contributed by atoms with Crippen LogP contribution in [0, 0.1) is 0 Å². The molecule has 0 saturated heterocycles. The molecule has 0 atom stereocenters. The molecule has 5 aromatic rings. The summed E-state index contributed by atoms with van der Waals surface area (Å²) in [7, 11) is 1.57. The predicted molar refractivity (Wildman–Crippen MR) is 149 cm³/mol. The molecule has 1 amide bonds. The van der Waals surface area contributed by atoms with Gasteiger partial charge in [-0.15, -0.1) is 0 Å². The van der Waals surface area contributed by atoms with Gasteiger partial charge in [-0.1, -0.05) is 48.5 Å². The molecule has 0 aliphatic rings. The summed E-state index contributed by atoms with van der Waals surface area (Å²) in [5.41, 5.74) is 5.82. The maximum Gasteiger partial charge on any atom is 0.328 e. The van der Waals surface area contributed by atoms with E-state index in [0.29, 0.717) is 17.7 Å². The number of H-pyrrole nitrogens is 2. The van der Waals surface area contributed by atoms with E-state index in [9.17, 15) is 14.7 Å². The first kappa shape index (κ1) is 25.1. The molecule has 0 aliphatic carbocycles. The van der Waals surface area contributed by atoms with Gasteiger partial charge in [0.15, 0.2) is 0 Å². The highest BCUT2D eigenvalue weighted by atomic mass is 16.3. The summed E-state index contributed by atoms with van der Waals surface area (Å²) in [6.07, 6.45) is 3.31. The molecule has 0 unspecified atom stereocenters. The number of fused-ring (bicyclic) bond motifs is 1. The van der Waals surface area contributed by atoms with Gasteiger partial charge in [-0.05, 0) is 59.5 Å². The molecule has 8 heteroatoms. The van der Waals surface area contributed by atoms with Gasteiger partial charge in [0, 0.05) is 42.7 Å². The molecule has 5 rings (SSSR count). The third-order valence-electron chi connectivity index (χ3n) is 6.74. The number of aromatic amines is 2. The number of hydrogen-bond acceptors (Lipinski definition) is 4. The SMILES string of the molecule is CNC(=O)c1cccc(Cn2c(O)c(Cc3ccc4[nH]cc(CCNCc5ccccc5)c4c3)[nH]c2=O)c1. The predicted octanol–water partition coefficient (Wildman–Crippen LogP) is 3.69. The van der Waals surface area contributed by atoms with Crippen LogP contribution >= 0.6 is 0 Å². The van der Waals surface area contributed by atoms with Crippen molar-refractivity contribution in [3.8, 4) is 5.88 Å². The largest absolute Gasteiger partial charge is 0.493 e. The number of nitrogens with one attached hydrogen (secondary N) is 4. The van der Waals surface area contributed by atoms with Crippen molar-refractivity contribution in [1.29, 1.82) is 0 Å². The normalized spacial score (nSPS) is 11.2. The molecular formula is C30H31N5O3. The Bertz CT molecular complexity index is 1610. The lowest BCUT2D eigenvalue weighted by Gasteiger charge is -2.07. The van der Waals surface area contributed by atoms with Gasteiger partial charge in [0.25, 0.3) is 5.91 Å². The van der Waals surface area contributed by atoms with E-state index in [1.807, 2.05) is 42.6 Å². The molecule has 2 aromatic heterocycles. The van der Waals surface area contributed by atoms with Crippen molar-refractivity contribution in [2.75, 3.05) is 13.6 Å². The second-order valence-electron chi connectivity index (χ2n) is 9.38. The van der Waals surface area contributed by atoms with Crippen molar-refractivity contribution in [2.24, 2.45) is 0 Å². The molecule has 0 spiro atoms. The minimum absolute atomic E-state index is 0.0974. The molecule has 0 bridgehead atoms. The van der Waals surface area contributed by atoms with E-state index in [2.05, 4.69) is 38.8 Å². The monoisotopic (exact) mass is 509 g/mol. The molecule has 0 fully saturated rings. The maximum atomic E-state index is 12.7. The van der Waals surface area contributed by atoms with Gasteiger partial charge in [0.05, 0.1) is 12.2 Å². The highest BCUT2D eigenvalue weighted by molar-refractivity contribution is 5.94. The van der Waals surface area contributed by atoms with Crippen LogP contribution in [0.2, 0.25) is 0 Å². The second-order valence-corrected chi connectivity index (χ2v) is 9.38. The summed E-state index contributed by atoms with van der Waals surface area (Å²) in [6, 6.07) is 23.5. The Morgan fingerprint density at radius 1 is 0.974 bits per heavy atom. The van der Waals surface area contributed by atoms with Gasteiger partial charge in [-0.25, -0.2) is 4.79 Å². The first-order valence-corrected chi connectivity index (χ1v) is 12.7. The lowest BCUT2D eigenvalue weighted by Crippen LogP contribution is -2.19. The number of rotatable bonds is 10. The Hall–Kier alpha value is -4.56. The van der Waals surface area contributed by atoms with E-state index in [-0.39, 0.29) is 18.3 Å². The standard InChI is InChI=1S/C30H31N5O3/c1-31-28(36)23-9-5-8-22(14-23)19-35-29(37)27(34-30(35)38)16-21-10-11-26-25(15-21)24(18-33-26)12-13-32-17-20-6-3-2-4-7-20/h2-11,14-15,18,32-33,37H,12-13,16-17,19H2,1H3,(H,31,36)(H,34,38). The Labute approximate surface area is 220 Å². The molecule has 0 radical (unpaired) electrons. The molecular weight excluding hydrogens is 478 g/mol. The topological polar surface area (TPSA) is 115 Å². The molecule has 0 aliphatic heterocycles. The van der Waals surface area contributed by atoms with Gasteiger partial charge < -0.3 is 25.7 Å². The quantitative estimate of drug-likeness (QED) is 0.185. The molecule has 5 N–H and O–H groups in total. The maximum absolute atomic E-state index is 12.7. The van der Waals surface area contributed by atoms with E-state index >= 15 is 0 Å². The summed E-state index contributed by atoms with van der Waals surface area (Å²) >= 11 is 0. The van der Waals surface area contributed by atoms with Crippen LogP contribution in [-0.2, 0) is 25.9 Å². The van der Waals surface area contributed by atoms with Crippen molar-refractivity contribution in [3.63, 3.8) is 0 Å². The van der Waals surface area contributed by atoms with Crippen LogP contribution < -0.4 is 16.3 Å². The van der Waals surface area contributed by atoms with Crippen LogP contribution in [0.3, 0.4) is 0 Å². The number of aromatic hydroxyl groups is 1. The minimum Gasteiger partial charge on any atom is -0.493 e. The van der Waals surface area contributed by atoms with E-state index in [4.69, 9.17) is 0 Å². The first-order chi connectivity index (χ1) is 18.5. The Morgan fingerprint density at radius 2 is 1.79 bits per heavy atom. The Balaban J connectivity index is 1.28. The Kier molecular flexibility index (Phi) is 7.42. The van der Waals surface area contributed by atoms with Gasteiger partial charge in [-0.3, -0.25) is 9.36 Å². The summed E-state index contributed by atoms with van der Waals surface area (Å²) < 4.78 is 1.29. The van der Waals surface area contributed by atoms with Gasteiger partial charge >= 0.3 is 5.69 Å². The van der Waals surface area contributed by atoms with E-state index < -0.39 is 5.69 Å². The zero-order chi connectivity index (χ0) is 26.5. The number of hydrogen-bond donors (Lipinski definition) is 5. The fraction of sp³-hybridized carbons (Fsp3) is 0.200. The van der Waals surface area contributed by atoms with E-state index in [0.717, 1.165) is 41.5 Å². The minimum atomic E-state index is -0.393. The number of aromatic nitrogens is 3. The van der Waals surface area contributed by atoms with Crippen molar-refractivity contribution in [2.45, 2.75) is 25.9 Å². The van der Waals surface area contributed by atoms with Crippen LogP contribution in [0.25, 0.3) is 10.9 Å². The first-order valence-electron chi connectivity index (χ1n) is 12.7. The summed E-state index contributed by atoms with van der Waals surface area (Å²) in [6.45, 7) is 1.83. The van der Waals surface area contributed by atoms with Gasteiger partial charge in [0.1, 0.15) is 0 Å². The number of benzene rings is 3. The highest BCUT2D eigenvalue weighted by Gasteiger charge is 2.15. The van der Waals surface area contributed by atoms with Crippen molar-refractivity contribution in [3.05, 3.63) is 123 Å². The number of carbonyl (C=O) groups is 1. The molecule has 38 heavy (non-hydrogen) atoms. The zero-order valence-corrected chi connectivity index (χ0v) is 21.3. The van der Waals surface area contributed by atoms with Gasteiger partial charge in [0.2, 0.25) is 5.88 Å². The Morgan fingerprint density at radius 3 is 2.61 bits per heavy atom. The average molecular weight is 510 g/mol. The lowest BCUT2D eigenvalue weighted by atomic mass is 10.0. The molecule has 2 heterocycles. The van der Waals surface area contributed by atoms with Crippen molar-refractivity contribution >= 4 is 16.8 Å². The zero-order valence-electron chi connectivity index (χ0n) is 21.3. The smallest absolute Gasteiger partial charge is 0.328 e. The lowest BCUT2D eigenvalue weighted by molar-refractivity contribution is 0.0963. The summed E-state index contributed by atoms with van der Waals surface area (Å²) in [5.74, 6) is -0.301. The van der Waals surface area contributed by atoms with Crippen LogP contribution in [0.5, 0.6) is 5.88 Å². The third kappa shape index (κ3) is 5.55. The van der Waals surface area contributed by atoms with Crippen molar-refractivity contribution in [1.82, 2.24) is 25.2 Å². The number of imidazole rings is 1. The van der Waals surface area contributed by atoms with E-state index in [1.54, 1.807) is 25.2 Å². The van der Waals surface area contributed by atoms with Crippen LogP contribution in [0.4, 0.5) is 0 Å². The van der Waals surface area contributed by atoms with Crippen LogP contribution in [0.15, 0.2) is 83.8 Å². The van der Waals surface area contributed by atoms with Crippen molar-refractivity contribution < 1.29 is 9.90 Å². The average Bonchev–Trinajstić information content (AvgIpc) is 3.46. The molecule has 194 valence electrons. The molecule has 3 aromatic carbocycles. The van der Waals surface area contributed by atoms with Crippen LogP contribution in [-0.4, -0.2) is 39.1 Å². The number of nitrogens with zero attached hydrogens (tertiary/aromatic N) is 1. The molecule has 8 nitrogen and oxygen atoms in total. The van der Waals surface area contributed by atoms with Gasteiger partial charge in [-0.2, -0.15) is 0 Å². The van der Waals surface area contributed by atoms with Crippen LogP contribution in [0.1, 0.15) is 38.3 Å². The second kappa shape index (κ2) is 11.2.